The lowest BCUT2D eigenvalue weighted by Gasteiger charge is -2.35. The molecule has 2 heterocycles. The van der Waals surface area contributed by atoms with Gasteiger partial charge in [-0.25, -0.2) is 0 Å². The molecule has 0 unspecified atom stereocenters. The minimum Gasteiger partial charge on any atom is -0.384 e. The number of hydrogen-bond acceptors (Lipinski definition) is 4. The third kappa shape index (κ3) is 3.14. The van der Waals surface area contributed by atoms with Gasteiger partial charge in [-0.15, -0.1) is 10.2 Å². The molecule has 1 aliphatic heterocycles. The number of amides is 1. The van der Waals surface area contributed by atoms with E-state index < -0.39 is 0 Å². The number of benzene rings is 1. The Balaban J connectivity index is 1.40. The van der Waals surface area contributed by atoms with Gasteiger partial charge in [-0.05, 0) is 31.2 Å². The zero-order chi connectivity index (χ0) is 18.0. The molecule has 0 radical (unpaired) electrons. The van der Waals surface area contributed by atoms with E-state index in [4.69, 9.17) is 4.74 Å². The number of hydrogen-bond donors (Lipinski definition) is 0. The molecule has 26 heavy (non-hydrogen) atoms. The normalized spacial score (nSPS) is 19.5. The average molecular weight is 354 g/mol. The Labute approximate surface area is 154 Å². The van der Waals surface area contributed by atoms with Crippen molar-refractivity contribution in [1.82, 2.24) is 19.7 Å². The number of aromatic nitrogens is 3. The smallest absolute Gasteiger partial charge is 0.233 e. The van der Waals surface area contributed by atoms with Crippen molar-refractivity contribution in [2.24, 2.45) is 0 Å². The molecule has 0 atom stereocenters. The Kier molecular flexibility index (Phi) is 4.76. The molecule has 0 N–H and O–H groups in total. The van der Waals surface area contributed by atoms with Crippen molar-refractivity contribution in [3.63, 3.8) is 0 Å². The van der Waals surface area contributed by atoms with Crippen molar-refractivity contribution in [2.75, 3.05) is 26.8 Å². The summed E-state index contributed by atoms with van der Waals surface area (Å²) in [6.45, 7) is 2.26. The summed E-state index contributed by atoms with van der Waals surface area (Å²) in [6.07, 6.45) is 6.44. The minimum absolute atomic E-state index is 0.256. The lowest BCUT2D eigenvalue weighted by molar-refractivity contribution is -0.135. The summed E-state index contributed by atoms with van der Waals surface area (Å²) >= 11 is 0. The molecule has 1 amide bonds. The van der Waals surface area contributed by atoms with Gasteiger partial charge in [-0.3, -0.25) is 4.79 Å². The van der Waals surface area contributed by atoms with Gasteiger partial charge in [-0.1, -0.05) is 30.3 Å². The summed E-state index contributed by atoms with van der Waals surface area (Å²) in [5.41, 5.74) is 0.918. The fourth-order valence-electron chi connectivity index (χ4n) is 4.10. The molecule has 6 heteroatoms. The maximum Gasteiger partial charge on any atom is 0.233 e. The number of methoxy groups -OCH3 is 1. The molecule has 6 nitrogen and oxygen atoms in total. The first-order valence-electron chi connectivity index (χ1n) is 9.47. The van der Waals surface area contributed by atoms with Crippen molar-refractivity contribution < 1.29 is 9.53 Å². The molecule has 2 aromatic rings. The van der Waals surface area contributed by atoms with Gasteiger partial charge in [0.2, 0.25) is 5.91 Å². The molecule has 138 valence electrons. The standard InChI is InChI=1S/C20H26N4O2/c1-26-14-9-18-22-21-15-24(18)17-7-12-23(13-8-17)19(25)20(10-11-20)16-5-3-2-4-6-16/h2-6,15,17H,7-14H2,1H3. The van der Waals surface area contributed by atoms with Crippen LogP contribution in [0.4, 0.5) is 0 Å². The van der Waals surface area contributed by atoms with Crippen LogP contribution in [-0.2, 0) is 21.4 Å². The molecule has 0 bridgehead atoms. The van der Waals surface area contributed by atoms with E-state index in [1.807, 2.05) is 24.5 Å². The van der Waals surface area contributed by atoms with E-state index in [2.05, 4.69) is 31.8 Å². The van der Waals surface area contributed by atoms with E-state index in [0.29, 0.717) is 18.6 Å². The van der Waals surface area contributed by atoms with E-state index in [9.17, 15) is 4.79 Å². The van der Waals surface area contributed by atoms with Gasteiger partial charge >= 0.3 is 0 Å². The zero-order valence-corrected chi connectivity index (χ0v) is 15.3. The van der Waals surface area contributed by atoms with Crippen LogP contribution in [0.25, 0.3) is 0 Å². The second-order valence-electron chi connectivity index (χ2n) is 7.37. The fourth-order valence-corrected chi connectivity index (χ4v) is 4.10. The van der Waals surface area contributed by atoms with Crippen LogP contribution in [0.15, 0.2) is 36.7 Å². The molecule has 2 aliphatic rings. The second-order valence-corrected chi connectivity index (χ2v) is 7.37. The highest BCUT2D eigenvalue weighted by Gasteiger charge is 2.53. The van der Waals surface area contributed by atoms with Crippen LogP contribution >= 0.6 is 0 Å². The van der Waals surface area contributed by atoms with Crippen LogP contribution in [0.1, 0.15) is 43.1 Å². The molecule has 1 aromatic carbocycles. The van der Waals surface area contributed by atoms with Gasteiger partial charge in [-0.2, -0.15) is 0 Å². The molecule has 2 fully saturated rings. The number of piperidine rings is 1. The maximum atomic E-state index is 13.2. The molecule has 1 saturated heterocycles. The Morgan fingerprint density at radius 1 is 1.23 bits per heavy atom. The van der Waals surface area contributed by atoms with Gasteiger partial charge in [0.1, 0.15) is 12.2 Å². The monoisotopic (exact) mass is 354 g/mol. The van der Waals surface area contributed by atoms with Crippen molar-refractivity contribution >= 4 is 5.91 Å². The highest BCUT2D eigenvalue weighted by atomic mass is 16.5. The number of nitrogens with zero attached hydrogens (tertiary/aromatic N) is 4. The second kappa shape index (κ2) is 7.19. The predicted octanol–water partition coefficient (Wildman–Crippen LogP) is 2.36. The Morgan fingerprint density at radius 3 is 2.62 bits per heavy atom. The fraction of sp³-hybridized carbons (Fsp3) is 0.550. The van der Waals surface area contributed by atoms with E-state index in [0.717, 1.165) is 51.0 Å². The summed E-state index contributed by atoms with van der Waals surface area (Å²) < 4.78 is 7.33. The van der Waals surface area contributed by atoms with Crippen molar-refractivity contribution in [3.05, 3.63) is 48.0 Å². The van der Waals surface area contributed by atoms with Crippen molar-refractivity contribution in [1.29, 1.82) is 0 Å². The third-order valence-corrected chi connectivity index (χ3v) is 5.81. The van der Waals surface area contributed by atoms with Gasteiger partial charge in [0.15, 0.2) is 0 Å². The molecular formula is C20H26N4O2. The molecule has 1 aliphatic carbocycles. The number of carbonyl (C=O) groups excluding carboxylic acids is 1. The van der Waals surface area contributed by atoms with Gasteiger partial charge in [0.25, 0.3) is 0 Å². The lowest BCUT2D eigenvalue weighted by Crippen LogP contribution is -2.44. The summed E-state index contributed by atoms with van der Waals surface area (Å²) in [7, 11) is 1.70. The summed E-state index contributed by atoms with van der Waals surface area (Å²) in [5, 5.41) is 8.29. The third-order valence-electron chi connectivity index (χ3n) is 5.81. The Hall–Kier alpha value is -2.21. The first-order chi connectivity index (χ1) is 12.7. The molecule has 0 spiro atoms. The molecule has 4 rings (SSSR count). The average Bonchev–Trinajstić information content (AvgIpc) is 3.38. The minimum atomic E-state index is -0.256. The van der Waals surface area contributed by atoms with E-state index in [1.165, 1.54) is 5.56 Å². The number of rotatable bonds is 6. The number of ether oxygens (including phenoxy) is 1. The first-order valence-corrected chi connectivity index (χ1v) is 9.47. The molecule has 1 aromatic heterocycles. The van der Waals surface area contributed by atoms with Gasteiger partial charge < -0.3 is 14.2 Å². The zero-order valence-electron chi connectivity index (χ0n) is 15.3. The largest absolute Gasteiger partial charge is 0.384 e. The Bertz CT molecular complexity index is 746. The van der Waals surface area contributed by atoms with Crippen LogP contribution in [0.2, 0.25) is 0 Å². The van der Waals surface area contributed by atoms with Crippen LogP contribution < -0.4 is 0 Å². The van der Waals surface area contributed by atoms with E-state index >= 15 is 0 Å². The van der Waals surface area contributed by atoms with Crippen LogP contribution in [0.3, 0.4) is 0 Å². The Morgan fingerprint density at radius 2 is 1.96 bits per heavy atom. The quantitative estimate of drug-likeness (QED) is 0.799. The van der Waals surface area contributed by atoms with Gasteiger partial charge in [0.05, 0.1) is 12.0 Å². The highest BCUT2D eigenvalue weighted by Crippen LogP contribution is 2.50. The van der Waals surface area contributed by atoms with Crippen molar-refractivity contribution in [2.45, 2.75) is 43.6 Å². The number of likely N-dealkylation sites (tertiary alicyclic amines) is 1. The predicted molar refractivity (Wildman–Crippen MR) is 97.8 cm³/mol. The lowest BCUT2D eigenvalue weighted by atomic mass is 9.93. The van der Waals surface area contributed by atoms with E-state index in [1.54, 1.807) is 7.11 Å². The summed E-state index contributed by atoms with van der Waals surface area (Å²) in [5.74, 6) is 1.28. The number of carbonyl (C=O) groups is 1. The molecular weight excluding hydrogens is 328 g/mol. The first kappa shape index (κ1) is 17.2. The summed E-state index contributed by atoms with van der Waals surface area (Å²) in [6, 6.07) is 10.6. The highest BCUT2D eigenvalue weighted by molar-refractivity contribution is 5.91. The molecule has 1 saturated carbocycles. The van der Waals surface area contributed by atoms with Crippen molar-refractivity contribution in [3.8, 4) is 0 Å². The van der Waals surface area contributed by atoms with Crippen LogP contribution in [-0.4, -0.2) is 52.4 Å². The summed E-state index contributed by atoms with van der Waals surface area (Å²) in [4.78, 5) is 15.2. The van der Waals surface area contributed by atoms with Crippen LogP contribution in [0.5, 0.6) is 0 Å². The SMILES string of the molecule is COCCc1nncn1C1CCN(C(=O)C2(c3ccccc3)CC2)CC1. The van der Waals surface area contributed by atoms with E-state index in [-0.39, 0.29) is 5.41 Å². The van der Waals surface area contributed by atoms with Crippen LogP contribution in [0, 0.1) is 0 Å². The maximum absolute atomic E-state index is 13.2. The topological polar surface area (TPSA) is 60.3 Å². The van der Waals surface area contributed by atoms with Gasteiger partial charge in [0, 0.05) is 32.7 Å².